The van der Waals surface area contributed by atoms with Crippen molar-refractivity contribution in [1.29, 1.82) is 0 Å². The molecule has 20 heavy (non-hydrogen) atoms. The van der Waals surface area contributed by atoms with Gasteiger partial charge in [0.25, 0.3) is 0 Å². The molecule has 1 fully saturated rings. The van der Waals surface area contributed by atoms with Gasteiger partial charge in [0.15, 0.2) is 0 Å². The number of hydrogen-bond acceptors (Lipinski definition) is 2. The molecule has 1 aliphatic rings. The first kappa shape index (κ1) is 13.2. The van der Waals surface area contributed by atoms with Gasteiger partial charge in [-0.3, -0.25) is 0 Å². The molecule has 2 nitrogen and oxygen atoms in total. The SMILES string of the molecule is Cc1cccc(C(NCC2CC2)c2ccc(O)cc2)c1. The van der Waals surface area contributed by atoms with Gasteiger partial charge in [-0.1, -0.05) is 42.0 Å². The first-order valence-corrected chi connectivity index (χ1v) is 7.31. The summed E-state index contributed by atoms with van der Waals surface area (Å²) in [4.78, 5) is 0. The summed E-state index contributed by atoms with van der Waals surface area (Å²) in [6.07, 6.45) is 2.70. The average molecular weight is 267 g/mol. The lowest BCUT2D eigenvalue weighted by molar-refractivity contribution is 0.474. The predicted molar refractivity (Wildman–Crippen MR) is 81.9 cm³/mol. The summed E-state index contributed by atoms with van der Waals surface area (Å²) < 4.78 is 0. The minimum Gasteiger partial charge on any atom is -0.508 e. The smallest absolute Gasteiger partial charge is 0.115 e. The van der Waals surface area contributed by atoms with Crippen LogP contribution in [0.1, 0.15) is 35.6 Å². The van der Waals surface area contributed by atoms with Crippen LogP contribution in [-0.2, 0) is 0 Å². The molecule has 0 heterocycles. The fourth-order valence-electron chi connectivity index (χ4n) is 2.55. The number of aryl methyl sites for hydroxylation is 1. The van der Waals surface area contributed by atoms with Crippen molar-refractivity contribution in [2.24, 2.45) is 5.92 Å². The highest BCUT2D eigenvalue weighted by molar-refractivity contribution is 5.36. The van der Waals surface area contributed by atoms with Crippen LogP contribution < -0.4 is 5.32 Å². The van der Waals surface area contributed by atoms with Crippen molar-refractivity contribution in [2.75, 3.05) is 6.54 Å². The Morgan fingerprint density at radius 3 is 2.50 bits per heavy atom. The van der Waals surface area contributed by atoms with E-state index in [-0.39, 0.29) is 6.04 Å². The van der Waals surface area contributed by atoms with Crippen molar-refractivity contribution < 1.29 is 5.11 Å². The Hall–Kier alpha value is -1.80. The first-order chi connectivity index (χ1) is 9.72. The van der Waals surface area contributed by atoms with E-state index in [0.717, 1.165) is 12.5 Å². The largest absolute Gasteiger partial charge is 0.508 e. The van der Waals surface area contributed by atoms with Crippen LogP contribution in [0.4, 0.5) is 0 Å². The number of phenols is 1. The van der Waals surface area contributed by atoms with Gasteiger partial charge in [0.1, 0.15) is 5.75 Å². The minimum atomic E-state index is 0.205. The second kappa shape index (κ2) is 5.68. The maximum atomic E-state index is 9.46. The number of nitrogens with one attached hydrogen (secondary N) is 1. The summed E-state index contributed by atoms with van der Waals surface area (Å²) in [5.74, 6) is 1.17. The lowest BCUT2D eigenvalue weighted by Gasteiger charge is -2.20. The molecule has 2 aromatic rings. The normalized spacial score (nSPS) is 16.1. The van der Waals surface area contributed by atoms with E-state index in [1.807, 2.05) is 12.1 Å². The van der Waals surface area contributed by atoms with Crippen molar-refractivity contribution in [3.05, 3.63) is 65.2 Å². The molecule has 0 amide bonds. The molecule has 1 aliphatic carbocycles. The lowest BCUT2D eigenvalue weighted by Crippen LogP contribution is -2.24. The standard InChI is InChI=1S/C18H21NO/c1-13-3-2-4-16(11-13)18(19-12-14-5-6-14)15-7-9-17(20)10-8-15/h2-4,7-11,14,18-20H,5-6,12H2,1H3. The molecule has 3 rings (SSSR count). The molecule has 2 N–H and O–H groups in total. The summed E-state index contributed by atoms with van der Waals surface area (Å²) in [6, 6.07) is 16.4. The highest BCUT2D eigenvalue weighted by Gasteiger charge is 2.23. The third-order valence-corrected chi connectivity index (χ3v) is 3.91. The molecular formula is C18H21NO. The molecule has 0 saturated heterocycles. The van der Waals surface area contributed by atoms with Gasteiger partial charge >= 0.3 is 0 Å². The second-order valence-corrected chi connectivity index (χ2v) is 5.79. The Morgan fingerprint density at radius 1 is 1.10 bits per heavy atom. The number of rotatable bonds is 5. The Balaban J connectivity index is 1.87. The summed E-state index contributed by atoms with van der Waals surface area (Å²) >= 11 is 0. The number of phenolic OH excluding ortho intramolecular Hbond substituents is 1. The number of hydrogen-bond donors (Lipinski definition) is 2. The van der Waals surface area contributed by atoms with Crippen LogP contribution in [-0.4, -0.2) is 11.7 Å². The van der Waals surface area contributed by atoms with Gasteiger partial charge in [-0.2, -0.15) is 0 Å². The molecule has 2 aromatic carbocycles. The van der Waals surface area contributed by atoms with Crippen LogP contribution in [0.5, 0.6) is 5.75 Å². The van der Waals surface area contributed by atoms with E-state index < -0.39 is 0 Å². The first-order valence-electron chi connectivity index (χ1n) is 7.31. The van der Waals surface area contributed by atoms with Crippen molar-refractivity contribution >= 4 is 0 Å². The van der Waals surface area contributed by atoms with Crippen molar-refractivity contribution in [1.82, 2.24) is 5.32 Å². The highest BCUT2D eigenvalue weighted by Crippen LogP contribution is 2.30. The maximum absolute atomic E-state index is 9.46. The van der Waals surface area contributed by atoms with Crippen molar-refractivity contribution in [3.63, 3.8) is 0 Å². The van der Waals surface area contributed by atoms with E-state index in [0.29, 0.717) is 5.75 Å². The molecular weight excluding hydrogens is 246 g/mol. The van der Waals surface area contributed by atoms with Gasteiger partial charge in [-0.15, -0.1) is 0 Å². The van der Waals surface area contributed by atoms with Gasteiger partial charge in [-0.25, -0.2) is 0 Å². The molecule has 1 saturated carbocycles. The zero-order valence-corrected chi connectivity index (χ0v) is 11.8. The van der Waals surface area contributed by atoms with Crippen molar-refractivity contribution in [2.45, 2.75) is 25.8 Å². The monoisotopic (exact) mass is 267 g/mol. The number of aromatic hydroxyl groups is 1. The zero-order chi connectivity index (χ0) is 13.9. The molecule has 0 aliphatic heterocycles. The quantitative estimate of drug-likeness (QED) is 0.864. The van der Waals surface area contributed by atoms with Crippen LogP contribution >= 0.6 is 0 Å². The molecule has 1 atom stereocenters. The third kappa shape index (κ3) is 3.20. The Labute approximate surface area is 120 Å². The molecule has 2 heteroatoms. The third-order valence-electron chi connectivity index (χ3n) is 3.91. The molecule has 0 bridgehead atoms. The summed E-state index contributed by atoms with van der Waals surface area (Å²) in [6.45, 7) is 3.19. The van der Waals surface area contributed by atoms with Crippen molar-refractivity contribution in [3.8, 4) is 5.75 Å². The Morgan fingerprint density at radius 2 is 1.85 bits per heavy atom. The zero-order valence-electron chi connectivity index (χ0n) is 11.8. The van der Waals surface area contributed by atoms with Crippen LogP contribution in [0, 0.1) is 12.8 Å². The predicted octanol–water partition coefficient (Wildman–Crippen LogP) is 3.79. The maximum Gasteiger partial charge on any atom is 0.115 e. The van der Waals surface area contributed by atoms with E-state index >= 15 is 0 Å². The second-order valence-electron chi connectivity index (χ2n) is 5.79. The van der Waals surface area contributed by atoms with E-state index in [4.69, 9.17) is 0 Å². The summed E-state index contributed by atoms with van der Waals surface area (Å²) in [7, 11) is 0. The summed E-state index contributed by atoms with van der Waals surface area (Å²) in [5, 5.41) is 13.1. The van der Waals surface area contributed by atoms with Crippen LogP contribution in [0.2, 0.25) is 0 Å². The number of benzene rings is 2. The van der Waals surface area contributed by atoms with E-state index in [9.17, 15) is 5.11 Å². The van der Waals surface area contributed by atoms with Gasteiger partial charge in [-0.05, 0) is 55.5 Å². The Bertz CT molecular complexity index is 572. The van der Waals surface area contributed by atoms with E-state index in [1.165, 1.54) is 29.5 Å². The molecule has 104 valence electrons. The average Bonchev–Trinajstić information content (AvgIpc) is 3.25. The van der Waals surface area contributed by atoms with Gasteiger partial charge < -0.3 is 10.4 Å². The van der Waals surface area contributed by atoms with E-state index in [1.54, 1.807) is 12.1 Å². The fraction of sp³-hybridized carbons (Fsp3) is 0.333. The molecule has 0 spiro atoms. The van der Waals surface area contributed by atoms with E-state index in [2.05, 4.69) is 36.5 Å². The van der Waals surface area contributed by atoms with Gasteiger partial charge in [0, 0.05) is 0 Å². The molecule has 0 radical (unpaired) electrons. The topological polar surface area (TPSA) is 32.3 Å². The van der Waals surface area contributed by atoms with Crippen LogP contribution in [0.3, 0.4) is 0 Å². The highest BCUT2D eigenvalue weighted by atomic mass is 16.3. The molecule has 0 aromatic heterocycles. The Kier molecular flexibility index (Phi) is 3.75. The lowest BCUT2D eigenvalue weighted by atomic mass is 9.97. The summed E-state index contributed by atoms with van der Waals surface area (Å²) in [5.41, 5.74) is 3.77. The van der Waals surface area contributed by atoms with Crippen LogP contribution in [0.15, 0.2) is 48.5 Å². The van der Waals surface area contributed by atoms with Crippen LogP contribution in [0.25, 0.3) is 0 Å². The fourth-order valence-corrected chi connectivity index (χ4v) is 2.55. The van der Waals surface area contributed by atoms with Gasteiger partial charge in [0.2, 0.25) is 0 Å². The minimum absolute atomic E-state index is 0.205. The van der Waals surface area contributed by atoms with Gasteiger partial charge in [0.05, 0.1) is 6.04 Å². The molecule has 1 unspecified atom stereocenters.